The van der Waals surface area contributed by atoms with Gasteiger partial charge in [-0.05, 0) is 24.3 Å². The fraction of sp³-hybridized carbons (Fsp3) is 0.688. The van der Waals surface area contributed by atoms with E-state index < -0.39 is 0 Å². The van der Waals surface area contributed by atoms with Crippen LogP contribution in [-0.2, 0) is 10.2 Å². The molecule has 3 heterocycles. The van der Waals surface area contributed by atoms with Gasteiger partial charge in [-0.2, -0.15) is 0 Å². The number of anilines is 1. The summed E-state index contributed by atoms with van der Waals surface area (Å²) in [7, 11) is 0. The Morgan fingerprint density at radius 1 is 1.21 bits per heavy atom. The van der Waals surface area contributed by atoms with Gasteiger partial charge in [-0.15, -0.1) is 0 Å². The molecule has 0 aromatic carbocycles. The van der Waals surface area contributed by atoms with Crippen LogP contribution < -0.4 is 4.90 Å². The van der Waals surface area contributed by atoms with Gasteiger partial charge >= 0.3 is 0 Å². The Kier molecular flexibility index (Phi) is 3.05. The van der Waals surface area contributed by atoms with Crippen LogP contribution in [0.4, 0.5) is 5.82 Å². The lowest BCUT2D eigenvalue weighted by Gasteiger charge is -2.53. The molecule has 3 heteroatoms. The monoisotopic (exact) mass is 260 g/mol. The van der Waals surface area contributed by atoms with Crippen LogP contribution in [0.25, 0.3) is 0 Å². The number of aromatic nitrogens is 1. The summed E-state index contributed by atoms with van der Waals surface area (Å²) in [5.74, 6) is 1.19. The summed E-state index contributed by atoms with van der Waals surface area (Å²) in [6.45, 7) is 10.9. The third kappa shape index (κ3) is 2.36. The Bertz CT molecular complexity index is 450. The summed E-state index contributed by atoms with van der Waals surface area (Å²) >= 11 is 0. The number of pyridine rings is 1. The number of hydrogen-bond acceptors (Lipinski definition) is 3. The Morgan fingerprint density at radius 2 is 1.89 bits per heavy atom. The van der Waals surface area contributed by atoms with Crippen molar-refractivity contribution in [3.63, 3.8) is 0 Å². The molecule has 2 fully saturated rings. The van der Waals surface area contributed by atoms with E-state index in [-0.39, 0.29) is 5.41 Å². The van der Waals surface area contributed by atoms with Gasteiger partial charge in [0.25, 0.3) is 0 Å². The van der Waals surface area contributed by atoms with Crippen LogP contribution in [-0.4, -0.2) is 31.3 Å². The van der Waals surface area contributed by atoms with E-state index in [0.717, 1.165) is 26.3 Å². The second-order valence-electron chi connectivity index (χ2n) is 7.09. The van der Waals surface area contributed by atoms with Gasteiger partial charge in [0, 0.05) is 43.5 Å². The third-order valence-electron chi connectivity index (χ3n) is 4.50. The molecule has 1 spiro atoms. The van der Waals surface area contributed by atoms with Gasteiger partial charge in [0.15, 0.2) is 0 Å². The fourth-order valence-corrected chi connectivity index (χ4v) is 3.27. The average molecular weight is 260 g/mol. The molecule has 2 aliphatic heterocycles. The van der Waals surface area contributed by atoms with E-state index in [4.69, 9.17) is 4.74 Å². The predicted octanol–water partition coefficient (Wildman–Crippen LogP) is 3.00. The topological polar surface area (TPSA) is 25.4 Å². The van der Waals surface area contributed by atoms with E-state index in [1.807, 2.05) is 12.3 Å². The lowest BCUT2D eigenvalue weighted by Crippen LogP contribution is -2.59. The highest BCUT2D eigenvalue weighted by molar-refractivity contribution is 5.53. The van der Waals surface area contributed by atoms with Crippen molar-refractivity contribution < 1.29 is 4.74 Å². The van der Waals surface area contributed by atoms with Crippen molar-refractivity contribution in [2.24, 2.45) is 5.41 Å². The summed E-state index contributed by atoms with van der Waals surface area (Å²) in [5.41, 5.74) is 2.02. The second kappa shape index (κ2) is 4.48. The molecule has 19 heavy (non-hydrogen) atoms. The van der Waals surface area contributed by atoms with Crippen LogP contribution >= 0.6 is 0 Å². The molecule has 0 radical (unpaired) electrons. The van der Waals surface area contributed by atoms with Gasteiger partial charge in [-0.25, -0.2) is 4.98 Å². The second-order valence-corrected chi connectivity index (χ2v) is 7.09. The molecule has 2 saturated heterocycles. The first kappa shape index (κ1) is 12.9. The zero-order valence-corrected chi connectivity index (χ0v) is 12.3. The summed E-state index contributed by atoms with van der Waals surface area (Å²) < 4.78 is 5.49. The molecule has 0 saturated carbocycles. The number of nitrogens with zero attached hydrogens (tertiary/aromatic N) is 2. The van der Waals surface area contributed by atoms with Crippen molar-refractivity contribution in [3.05, 3.63) is 23.9 Å². The van der Waals surface area contributed by atoms with E-state index in [2.05, 4.69) is 36.7 Å². The first-order valence-corrected chi connectivity index (χ1v) is 7.28. The van der Waals surface area contributed by atoms with E-state index >= 15 is 0 Å². The Morgan fingerprint density at radius 3 is 2.53 bits per heavy atom. The Balaban J connectivity index is 1.78. The number of rotatable bonds is 1. The highest BCUT2D eigenvalue weighted by Crippen LogP contribution is 2.43. The summed E-state index contributed by atoms with van der Waals surface area (Å²) in [6, 6.07) is 4.27. The molecule has 0 bridgehead atoms. The lowest BCUT2D eigenvalue weighted by molar-refractivity contribution is -0.000559. The summed E-state index contributed by atoms with van der Waals surface area (Å²) in [5, 5.41) is 0. The molecule has 3 rings (SSSR count). The highest BCUT2D eigenvalue weighted by Gasteiger charge is 2.45. The van der Waals surface area contributed by atoms with Crippen LogP contribution in [0, 0.1) is 5.41 Å². The fourth-order valence-electron chi connectivity index (χ4n) is 3.27. The average Bonchev–Trinajstić information content (AvgIpc) is 2.36. The number of ether oxygens (including phenoxy) is 1. The van der Waals surface area contributed by atoms with E-state index in [1.54, 1.807) is 0 Å². The van der Waals surface area contributed by atoms with Gasteiger partial charge in [0.1, 0.15) is 5.82 Å². The van der Waals surface area contributed by atoms with Gasteiger partial charge in [0.2, 0.25) is 0 Å². The summed E-state index contributed by atoms with van der Waals surface area (Å²) in [6.07, 6.45) is 4.34. The van der Waals surface area contributed by atoms with Crippen LogP contribution in [0.1, 0.15) is 39.2 Å². The minimum atomic E-state index is 0.155. The summed E-state index contributed by atoms with van der Waals surface area (Å²) in [4.78, 5) is 7.09. The van der Waals surface area contributed by atoms with E-state index in [0.29, 0.717) is 5.41 Å². The zero-order valence-electron chi connectivity index (χ0n) is 12.3. The van der Waals surface area contributed by atoms with Crippen LogP contribution in [0.15, 0.2) is 18.3 Å². The lowest BCUT2D eigenvalue weighted by atomic mass is 9.73. The Labute approximate surface area is 116 Å². The minimum absolute atomic E-state index is 0.155. The Hall–Kier alpha value is -1.09. The maximum Gasteiger partial charge on any atom is 0.132 e. The van der Waals surface area contributed by atoms with Gasteiger partial charge < -0.3 is 9.64 Å². The van der Waals surface area contributed by atoms with Crippen molar-refractivity contribution in [2.75, 3.05) is 31.2 Å². The highest BCUT2D eigenvalue weighted by atomic mass is 16.5. The molecule has 0 unspecified atom stereocenters. The van der Waals surface area contributed by atoms with Crippen molar-refractivity contribution >= 4 is 5.82 Å². The van der Waals surface area contributed by atoms with E-state index in [1.165, 1.54) is 24.2 Å². The molecule has 0 aliphatic carbocycles. The van der Waals surface area contributed by atoms with Crippen LogP contribution in [0.5, 0.6) is 0 Å². The largest absolute Gasteiger partial charge is 0.381 e. The quantitative estimate of drug-likeness (QED) is 0.776. The van der Waals surface area contributed by atoms with Crippen molar-refractivity contribution in [1.29, 1.82) is 0 Å². The smallest absolute Gasteiger partial charge is 0.132 e. The normalized spacial score (nSPS) is 22.4. The third-order valence-corrected chi connectivity index (χ3v) is 4.50. The van der Waals surface area contributed by atoms with Gasteiger partial charge in [0.05, 0.1) is 0 Å². The molecular formula is C16H24N2O. The van der Waals surface area contributed by atoms with Crippen molar-refractivity contribution in [1.82, 2.24) is 4.98 Å². The molecule has 1 aromatic rings. The molecule has 3 nitrogen and oxygen atoms in total. The molecule has 104 valence electrons. The predicted molar refractivity (Wildman–Crippen MR) is 77.6 cm³/mol. The minimum Gasteiger partial charge on any atom is -0.381 e. The first-order valence-electron chi connectivity index (χ1n) is 7.28. The maximum atomic E-state index is 5.49. The van der Waals surface area contributed by atoms with Crippen LogP contribution in [0.3, 0.4) is 0 Å². The zero-order chi connectivity index (χ0) is 13.5. The standard InChI is InChI=1S/C16H24N2O/c1-15(2,3)13-5-4-8-17-14(13)18-11-16(12-18)6-9-19-10-7-16/h4-5,8H,6-7,9-12H2,1-3H3. The van der Waals surface area contributed by atoms with Crippen molar-refractivity contribution in [3.8, 4) is 0 Å². The van der Waals surface area contributed by atoms with Crippen LogP contribution in [0.2, 0.25) is 0 Å². The molecular weight excluding hydrogens is 236 g/mol. The molecule has 0 amide bonds. The van der Waals surface area contributed by atoms with Gasteiger partial charge in [-0.1, -0.05) is 26.8 Å². The number of hydrogen-bond donors (Lipinski definition) is 0. The molecule has 2 aliphatic rings. The van der Waals surface area contributed by atoms with Gasteiger partial charge in [-0.3, -0.25) is 0 Å². The molecule has 1 aromatic heterocycles. The molecule has 0 N–H and O–H groups in total. The SMILES string of the molecule is CC(C)(C)c1cccnc1N1CC2(CCOCC2)C1. The van der Waals surface area contributed by atoms with E-state index in [9.17, 15) is 0 Å². The molecule has 0 atom stereocenters. The maximum absolute atomic E-state index is 5.49. The first-order chi connectivity index (χ1) is 9.00. The van der Waals surface area contributed by atoms with Crippen molar-refractivity contribution in [2.45, 2.75) is 39.0 Å².